The lowest BCUT2D eigenvalue weighted by Gasteiger charge is -2.22. The number of carbonyl (C=O) groups is 1. The van der Waals surface area contributed by atoms with Gasteiger partial charge in [-0.2, -0.15) is 0 Å². The topological polar surface area (TPSA) is 38.8 Å². The molecule has 2 rings (SSSR count). The van der Waals surface area contributed by atoms with E-state index in [1.54, 1.807) is 26.4 Å². The monoisotopic (exact) mass is 263 g/mol. The fourth-order valence-corrected chi connectivity index (χ4v) is 2.49. The molecule has 1 aromatic carbocycles. The van der Waals surface area contributed by atoms with E-state index < -0.39 is 0 Å². The third-order valence-corrected chi connectivity index (χ3v) is 3.53. The van der Waals surface area contributed by atoms with Crippen LogP contribution < -0.4 is 9.47 Å². The van der Waals surface area contributed by atoms with Gasteiger partial charge in [0.15, 0.2) is 0 Å². The van der Waals surface area contributed by atoms with Crippen LogP contribution in [0.4, 0.5) is 0 Å². The molecule has 0 N–H and O–H groups in total. The summed E-state index contributed by atoms with van der Waals surface area (Å²) in [5.41, 5.74) is 0.536. The minimum Gasteiger partial charge on any atom is -0.496 e. The lowest BCUT2D eigenvalue weighted by Crippen LogP contribution is -2.32. The summed E-state index contributed by atoms with van der Waals surface area (Å²) in [5, 5.41) is 0. The van der Waals surface area contributed by atoms with Crippen LogP contribution in [0.3, 0.4) is 0 Å². The summed E-state index contributed by atoms with van der Waals surface area (Å²) in [6.45, 7) is 1.64. The summed E-state index contributed by atoms with van der Waals surface area (Å²) in [4.78, 5) is 14.6. The van der Waals surface area contributed by atoms with Crippen LogP contribution in [0, 0.1) is 0 Å². The Morgan fingerprint density at radius 1 is 1.00 bits per heavy atom. The first kappa shape index (κ1) is 13.7. The van der Waals surface area contributed by atoms with Crippen molar-refractivity contribution < 1.29 is 14.3 Å². The highest BCUT2D eigenvalue weighted by molar-refractivity contribution is 5.99. The van der Waals surface area contributed by atoms with Gasteiger partial charge < -0.3 is 14.4 Å². The smallest absolute Gasteiger partial charge is 0.261 e. The zero-order valence-corrected chi connectivity index (χ0v) is 11.6. The molecule has 1 fully saturated rings. The van der Waals surface area contributed by atoms with Gasteiger partial charge in [0, 0.05) is 13.1 Å². The minimum atomic E-state index is 0.0104. The number of hydrogen-bond acceptors (Lipinski definition) is 3. The van der Waals surface area contributed by atoms with Gasteiger partial charge in [-0.25, -0.2) is 0 Å². The number of benzene rings is 1. The lowest BCUT2D eigenvalue weighted by molar-refractivity contribution is 0.0754. The third kappa shape index (κ3) is 3.00. The van der Waals surface area contributed by atoms with Crippen molar-refractivity contribution in [2.24, 2.45) is 0 Å². The average molecular weight is 263 g/mol. The Balaban J connectivity index is 2.30. The Morgan fingerprint density at radius 2 is 1.53 bits per heavy atom. The Labute approximate surface area is 114 Å². The molecular formula is C15H21NO3. The highest BCUT2D eigenvalue weighted by Crippen LogP contribution is 2.30. The van der Waals surface area contributed by atoms with Crippen LogP contribution in [0.5, 0.6) is 11.5 Å². The molecule has 0 aromatic heterocycles. The Morgan fingerprint density at radius 3 is 2.00 bits per heavy atom. The minimum absolute atomic E-state index is 0.0104. The lowest BCUT2D eigenvalue weighted by atomic mass is 10.1. The maximum absolute atomic E-state index is 12.7. The quantitative estimate of drug-likeness (QED) is 0.841. The number of hydrogen-bond donors (Lipinski definition) is 0. The first-order chi connectivity index (χ1) is 9.27. The average Bonchev–Trinajstić information content (AvgIpc) is 2.74. The summed E-state index contributed by atoms with van der Waals surface area (Å²) in [5.74, 6) is 1.17. The van der Waals surface area contributed by atoms with Gasteiger partial charge in [-0.05, 0) is 25.0 Å². The Bertz CT molecular complexity index is 415. The first-order valence-electron chi connectivity index (χ1n) is 6.78. The molecule has 0 saturated carbocycles. The standard InChI is InChI=1S/C15H21NO3/c1-18-12-8-7-9-13(19-2)14(12)15(17)16-10-5-3-4-6-11-16/h7-9H,3-6,10-11H2,1-2H3. The summed E-state index contributed by atoms with van der Waals surface area (Å²) in [7, 11) is 3.15. The van der Waals surface area contributed by atoms with Crippen LogP contribution in [0.2, 0.25) is 0 Å². The number of rotatable bonds is 3. The maximum Gasteiger partial charge on any atom is 0.261 e. The molecule has 1 aliphatic rings. The molecule has 0 bridgehead atoms. The van der Waals surface area contributed by atoms with Crippen molar-refractivity contribution in [1.82, 2.24) is 4.90 Å². The van der Waals surface area contributed by atoms with Crippen molar-refractivity contribution in [2.45, 2.75) is 25.7 Å². The highest BCUT2D eigenvalue weighted by atomic mass is 16.5. The normalized spacial score (nSPS) is 15.8. The summed E-state index contributed by atoms with van der Waals surface area (Å²) < 4.78 is 10.6. The summed E-state index contributed by atoms with van der Waals surface area (Å²) >= 11 is 0. The van der Waals surface area contributed by atoms with Gasteiger partial charge in [-0.15, -0.1) is 0 Å². The van der Waals surface area contributed by atoms with Crippen LogP contribution in [-0.4, -0.2) is 38.1 Å². The predicted molar refractivity (Wildman–Crippen MR) is 73.9 cm³/mol. The zero-order valence-electron chi connectivity index (χ0n) is 11.6. The van der Waals surface area contributed by atoms with Crippen molar-refractivity contribution in [2.75, 3.05) is 27.3 Å². The van der Waals surface area contributed by atoms with E-state index in [1.165, 1.54) is 12.8 Å². The molecule has 104 valence electrons. The number of likely N-dealkylation sites (tertiary alicyclic amines) is 1. The fraction of sp³-hybridized carbons (Fsp3) is 0.533. The molecule has 0 aliphatic carbocycles. The molecule has 0 radical (unpaired) electrons. The van der Waals surface area contributed by atoms with Crippen molar-refractivity contribution in [3.63, 3.8) is 0 Å². The molecule has 19 heavy (non-hydrogen) atoms. The van der Waals surface area contributed by atoms with Crippen LogP contribution in [0.1, 0.15) is 36.0 Å². The van der Waals surface area contributed by atoms with E-state index in [0.29, 0.717) is 17.1 Å². The van der Waals surface area contributed by atoms with E-state index in [4.69, 9.17) is 9.47 Å². The molecule has 4 nitrogen and oxygen atoms in total. The van der Waals surface area contributed by atoms with Gasteiger partial charge in [-0.3, -0.25) is 4.79 Å². The van der Waals surface area contributed by atoms with Gasteiger partial charge in [0.1, 0.15) is 17.1 Å². The Kier molecular flexibility index (Phi) is 4.66. The molecule has 1 aliphatic heterocycles. The van der Waals surface area contributed by atoms with Crippen molar-refractivity contribution in [1.29, 1.82) is 0 Å². The molecular weight excluding hydrogens is 242 g/mol. The molecule has 1 amide bonds. The maximum atomic E-state index is 12.7. The summed E-state index contributed by atoms with van der Waals surface area (Å²) in [6.07, 6.45) is 4.55. The number of ether oxygens (including phenoxy) is 2. The van der Waals surface area contributed by atoms with Gasteiger partial charge >= 0.3 is 0 Å². The number of methoxy groups -OCH3 is 2. The Hall–Kier alpha value is -1.71. The SMILES string of the molecule is COc1cccc(OC)c1C(=O)N1CCCCCC1. The number of carbonyl (C=O) groups excluding carboxylic acids is 1. The van der Waals surface area contributed by atoms with Crippen LogP contribution in [-0.2, 0) is 0 Å². The van der Waals surface area contributed by atoms with Crippen LogP contribution in [0.15, 0.2) is 18.2 Å². The van der Waals surface area contributed by atoms with Gasteiger partial charge in [0.2, 0.25) is 0 Å². The van der Waals surface area contributed by atoms with E-state index in [0.717, 1.165) is 25.9 Å². The third-order valence-electron chi connectivity index (χ3n) is 3.53. The second kappa shape index (κ2) is 6.45. The van der Waals surface area contributed by atoms with Crippen molar-refractivity contribution >= 4 is 5.91 Å². The molecule has 0 spiro atoms. The molecule has 1 aromatic rings. The molecule has 0 unspecified atom stereocenters. The predicted octanol–water partition coefficient (Wildman–Crippen LogP) is 2.72. The number of nitrogens with zero attached hydrogens (tertiary/aromatic N) is 1. The largest absolute Gasteiger partial charge is 0.496 e. The second-order valence-electron chi connectivity index (χ2n) is 4.74. The fourth-order valence-electron chi connectivity index (χ4n) is 2.49. The van der Waals surface area contributed by atoms with Crippen LogP contribution >= 0.6 is 0 Å². The number of amides is 1. The van der Waals surface area contributed by atoms with Crippen LogP contribution in [0.25, 0.3) is 0 Å². The van der Waals surface area contributed by atoms with E-state index in [2.05, 4.69) is 0 Å². The molecule has 0 atom stereocenters. The van der Waals surface area contributed by atoms with Gasteiger partial charge in [0.25, 0.3) is 5.91 Å². The van der Waals surface area contributed by atoms with E-state index >= 15 is 0 Å². The molecule has 1 heterocycles. The first-order valence-corrected chi connectivity index (χ1v) is 6.78. The second-order valence-corrected chi connectivity index (χ2v) is 4.74. The van der Waals surface area contributed by atoms with E-state index in [-0.39, 0.29) is 5.91 Å². The zero-order chi connectivity index (χ0) is 13.7. The van der Waals surface area contributed by atoms with Crippen molar-refractivity contribution in [3.8, 4) is 11.5 Å². The van der Waals surface area contributed by atoms with Crippen molar-refractivity contribution in [3.05, 3.63) is 23.8 Å². The summed E-state index contributed by atoms with van der Waals surface area (Å²) in [6, 6.07) is 5.43. The molecule has 4 heteroatoms. The highest BCUT2D eigenvalue weighted by Gasteiger charge is 2.24. The van der Waals surface area contributed by atoms with E-state index in [9.17, 15) is 4.79 Å². The van der Waals surface area contributed by atoms with E-state index in [1.807, 2.05) is 11.0 Å². The van der Waals surface area contributed by atoms with Gasteiger partial charge in [0.05, 0.1) is 14.2 Å². The molecule has 1 saturated heterocycles. The van der Waals surface area contributed by atoms with Gasteiger partial charge in [-0.1, -0.05) is 18.9 Å².